The van der Waals surface area contributed by atoms with Crippen LogP contribution in [0, 0.1) is 5.92 Å². The van der Waals surface area contributed by atoms with Crippen LogP contribution in [0.15, 0.2) is 12.2 Å². The molecule has 0 radical (unpaired) electrons. The van der Waals surface area contributed by atoms with E-state index in [1.807, 2.05) is 0 Å². The molecule has 0 saturated carbocycles. The van der Waals surface area contributed by atoms with Crippen molar-refractivity contribution in [3.05, 3.63) is 12.2 Å². The van der Waals surface area contributed by atoms with Crippen molar-refractivity contribution in [2.75, 3.05) is 6.54 Å². The third-order valence-corrected chi connectivity index (χ3v) is 3.88. The molecule has 1 heteroatoms. The second-order valence-corrected chi connectivity index (χ2v) is 5.52. The number of allylic oxidation sites excluding steroid dienone is 2. The SMILES string of the molecule is NCCCCCC1/C=C\CCCCCCCC1. The fourth-order valence-electron chi connectivity index (χ4n) is 2.73. The molecule has 0 heterocycles. The Morgan fingerprint density at radius 3 is 2.47 bits per heavy atom. The van der Waals surface area contributed by atoms with Crippen molar-refractivity contribution in [3.63, 3.8) is 0 Å². The molecule has 2 N–H and O–H groups in total. The van der Waals surface area contributed by atoms with Gasteiger partial charge in [-0.05, 0) is 44.6 Å². The highest BCUT2D eigenvalue weighted by Gasteiger charge is 2.05. The molecule has 0 aliphatic heterocycles. The third-order valence-electron chi connectivity index (χ3n) is 3.88. The highest BCUT2D eigenvalue weighted by Crippen LogP contribution is 2.21. The number of rotatable bonds is 5. The maximum atomic E-state index is 5.53. The average Bonchev–Trinajstić information content (AvgIpc) is 2.40. The Kier molecular flexibility index (Phi) is 9.40. The minimum absolute atomic E-state index is 0.853. The van der Waals surface area contributed by atoms with Crippen molar-refractivity contribution in [1.29, 1.82) is 0 Å². The molecule has 0 aromatic rings. The molecule has 0 fully saturated rings. The van der Waals surface area contributed by atoms with Crippen molar-refractivity contribution < 1.29 is 0 Å². The summed E-state index contributed by atoms with van der Waals surface area (Å²) in [5.41, 5.74) is 5.53. The summed E-state index contributed by atoms with van der Waals surface area (Å²) in [5.74, 6) is 0.853. The summed E-state index contributed by atoms with van der Waals surface area (Å²) < 4.78 is 0. The van der Waals surface area contributed by atoms with Crippen LogP contribution in [0.25, 0.3) is 0 Å². The second kappa shape index (κ2) is 10.8. The zero-order valence-electron chi connectivity index (χ0n) is 11.5. The van der Waals surface area contributed by atoms with Crippen LogP contribution >= 0.6 is 0 Å². The molecule has 0 bridgehead atoms. The fraction of sp³-hybridized carbons (Fsp3) is 0.875. The Morgan fingerprint density at radius 2 is 1.65 bits per heavy atom. The molecule has 1 atom stereocenters. The highest BCUT2D eigenvalue weighted by atomic mass is 14.5. The molecule has 17 heavy (non-hydrogen) atoms. The van der Waals surface area contributed by atoms with Gasteiger partial charge >= 0.3 is 0 Å². The summed E-state index contributed by atoms with van der Waals surface area (Å²) >= 11 is 0. The van der Waals surface area contributed by atoms with Gasteiger partial charge in [0.1, 0.15) is 0 Å². The van der Waals surface area contributed by atoms with Gasteiger partial charge in [-0.25, -0.2) is 0 Å². The Morgan fingerprint density at radius 1 is 0.882 bits per heavy atom. The van der Waals surface area contributed by atoms with Crippen LogP contribution in [0.5, 0.6) is 0 Å². The molecule has 1 aliphatic rings. The Labute approximate surface area is 108 Å². The first kappa shape index (κ1) is 14.8. The molecule has 0 amide bonds. The van der Waals surface area contributed by atoms with Gasteiger partial charge in [-0.3, -0.25) is 0 Å². The number of hydrogen-bond acceptors (Lipinski definition) is 1. The first-order chi connectivity index (χ1) is 8.43. The first-order valence-electron chi connectivity index (χ1n) is 7.80. The van der Waals surface area contributed by atoms with Crippen molar-refractivity contribution in [1.82, 2.24) is 0 Å². The van der Waals surface area contributed by atoms with Gasteiger partial charge in [0.25, 0.3) is 0 Å². The predicted molar refractivity (Wildman–Crippen MR) is 77.1 cm³/mol. The smallest absolute Gasteiger partial charge is 0.00773 e. The van der Waals surface area contributed by atoms with Crippen LogP contribution in [0.1, 0.15) is 77.0 Å². The lowest BCUT2D eigenvalue weighted by Crippen LogP contribution is -2.00. The largest absolute Gasteiger partial charge is 0.330 e. The Bertz CT molecular complexity index is 186. The van der Waals surface area contributed by atoms with Crippen LogP contribution in [-0.2, 0) is 0 Å². The monoisotopic (exact) mass is 237 g/mol. The number of unbranched alkanes of at least 4 members (excludes halogenated alkanes) is 2. The van der Waals surface area contributed by atoms with E-state index in [0.29, 0.717) is 0 Å². The summed E-state index contributed by atoms with van der Waals surface area (Å²) in [6.45, 7) is 0.862. The zero-order chi connectivity index (χ0) is 12.2. The van der Waals surface area contributed by atoms with E-state index in [0.717, 1.165) is 12.5 Å². The molecule has 1 nitrogen and oxygen atoms in total. The normalized spacial score (nSPS) is 25.1. The van der Waals surface area contributed by atoms with E-state index in [2.05, 4.69) is 12.2 Å². The molecule has 100 valence electrons. The molecular weight excluding hydrogens is 206 g/mol. The molecule has 1 unspecified atom stereocenters. The quantitative estimate of drug-likeness (QED) is 0.539. The van der Waals surface area contributed by atoms with Gasteiger partial charge < -0.3 is 5.73 Å². The van der Waals surface area contributed by atoms with E-state index < -0.39 is 0 Å². The van der Waals surface area contributed by atoms with E-state index in [-0.39, 0.29) is 0 Å². The molecular formula is C16H31N. The lowest BCUT2D eigenvalue weighted by molar-refractivity contribution is 0.473. The van der Waals surface area contributed by atoms with Crippen molar-refractivity contribution in [2.24, 2.45) is 11.7 Å². The first-order valence-corrected chi connectivity index (χ1v) is 7.80. The van der Waals surface area contributed by atoms with Crippen LogP contribution in [0.4, 0.5) is 0 Å². The van der Waals surface area contributed by atoms with E-state index in [9.17, 15) is 0 Å². The summed E-state index contributed by atoms with van der Waals surface area (Å²) in [6.07, 6.45) is 21.6. The van der Waals surface area contributed by atoms with Gasteiger partial charge in [0.05, 0.1) is 0 Å². The van der Waals surface area contributed by atoms with Crippen LogP contribution < -0.4 is 5.73 Å². The van der Waals surface area contributed by atoms with E-state index >= 15 is 0 Å². The second-order valence-electron chi connectivity index (χ2n) is 5.52. The van der Waals surface area contributed by atoms with Gasteiger partial charge in [0.2, 0.25) is 0 Å². The lowest BCUT2D eigenvalue weighted by Gasteiger charge is -2.12. The minimum Gasteiger partial charge on any atom is -0.330 e. The van der Waals surface area contributed by atoms with E-state index in [1.165, 1.54) is 77.0 Å². The zero-order valence-corrected chi connectivity index (χ0v) is 11.5. The summed E-state index contributed by atoms with van der Waals surface area (Å²) in [5, 5.41) is 0. The average molecular weight is 237 g/mol. The van der Waals surface area contributed by atoms with E-state index in [4.69, 9.17) is 5.73 Å². The minimum atomic E-state index is 0.853. The maximum absolute atomic E-state index is 5.53. The lowest BCUT2D eigenvalue weighted by atomic mass is 9.94. The van der Waals surface area contributed by atoms with Crippen molar-refractivity contribution in [3.8, 4) is 0 Å². The molecule has 0 spiro atoms. The van der Waals surface area contributed by atoms with E-state index in [1.54, 1.807) is 0 Å². The topological polar surface area (TPSA) is 26.0 Å². The molecule has 0 aromatic heterocycles. The summed E-state index contributed by atoms with van der Waals surface area (Å²) in [7, 11) is 0. The summed E-state index contributed by atoms with van der Waals surface area (Å²) in [6, 6.07) is 0. The molecule has 1 aliphatic carbocycles. The van der Waals surface area contributed by atoms with Gasteiger partial charge in [0, 0.05) is 0 Å². The van der Waals surface area contributed by atoms with Gasteiger partial charge in [-0.2, -0.15) is 0 Å². The van der Waals surface area contributed by atoms with Crippen LogP contribution in [0.2, 0.25) is 0 Å². The van der Waals surface area contributed by atoms with Crippen molar-refractivity contribution in [2.45, 2.75) is 77.0 Å². The van der Waals surface area contributed by atoms with Crippen LogP contribution in [-0.4, -0.2) is 6.54 Å². The standard InChI is InChI=1S/C16H31N/c17-15-11-7-10-14-16-12-8-5-3-1-2-4-6-9-13-16/h8,12,16H,1-7,9-11,13-15,17H2/b12-8-. The summed E-state index contributed by atoms with van der Waals surface area (Å²) in [4.78, 5) is 0. The number of hydrogen-bond donors (Lipinski definition) is 1. The molecule has 1 rings (SSSR count). The van der Waals surface area contributed by atoms with Crippen LogP contribution in [0.3, 0.4) is 0 Å². The fourth-order valence-corrected chi connectivity index (χ4v) is 2.73. The molecule has 0 aromatic carbocycles. The number of nitrogens with two attached hydrogens (primary N) is 1. The Hall–Kier alpha value is -0.300. The molecule has 0 saturated heterocycles. The van der Waals surface area contributed by atoms with Gasteiger partial charge in [0.15, 0.2) is 0 Å². The predicted octanol–water partition coefficient (Wildman–Crippen LogP) is 4.81. The maximum Gasteiger partial charge on any atom is -0.00773 e. The van der Waals surface area contributed by atoms with Gasteiger partial charge in [-0.1, -0.05) is 57.1 Å². The third kappa shape index (κ3) is 8.43. The Balaban J connectivity index is 2.21. The van der Waals surface area contributed by atoms with Crippen molar-refractivity contribution >= 4 is 0 Å². The highest BCUT2D eigenvalue weighted by molar-refractivity contribution is 4.88. The van der Waals surface area contributed by atoms with Gasteiger partial charge in [-0.15, -0.1) is 0 Å².